The van der Waals surface area contributed by atoms with Gasteiger partial charge in [0.05, 0.1) is 12.1 Å². The summed E-state index contributed by atoms with van der Waals surface area (Å²) in [5.41, 5.74) is 0. The van der Waals surface area contributed by atoms with Crippen molar-refractivity contribution in [2.24, 2.45) is 0 Å². The quantitative estimate of drug-likeness (QED) is 0.850. The normalized spacial score (nSPS) is 19.3. The lowest BCUT2D eigenvalue weighted by molar-refractivity contribution is -0.128. The number of hydrogen-bond acceptors (Lipinski definition) is 4. The highest BCUT2D eigenvalue weighted by atomic mass is 32.2. The molecule has 0 saturated carbocycles. The van der Waals surface area contributed by atoms with Crippen molar-refractivity contribution < 1.29 is 4.79 Å². The number of thioether (sulfide) groups is 1. The maximum Gasteiger partial charge on any atom is 0.233 e. The van der Waals surface area contributed by atoms with Gasteiger partial charge in [-0.3, -0.25) is 4.79 Å². The van der Waals surface area contributed by atoms with E-state index in [4.69, 9.17) is 0 Å². The Hall–Kier alpha value is -1.27. The van der Waals surface area contributed by atoms with Crippen LogP contribution in [-0.4, -0.2) is 32.7 Å². The number of thiophene rings is 1. The maximum atomic E-state index is 12.0. The highest BCUT2D eigenvalue weighted by molar-refractivity contribution is 8.00. The van der Waals surface area contributed by atoms with E-state index in [1.54, 1.807) is 29.3 Å². The summed E-state index contributed by atoms with van der Waals surface area (Å²) in [6.07, 6.45) is 6.52. The largest absolute Gasteiger partial charge is 0.337 e. The molecule has 1 aliphatic rings. The van der Waals surface area contributed by atoms with E-state index in [2.05, 4.69) is 16.4 Å². The number of amides is 1. The lowest BCUT2D eigenvalue weighted by Crippen LogP contribution is -2.29. The zero-order valence-corrected chi connectivity index (χ0v) is 12.1. The van der Waals surface area contributed by atoms with Gasteiger partial charge >= 0.3 is 0 Å². The summed E-state index contributed by atoms with van der Waals surface area (Å²) in [7, 11) is 0. The van der Waals surface area contributed by atoms with Gasteiger partial charge in [-0.25, -0.2) is 4.98 Å². The molecule has 4 nitrogen and oxygen atoms in total. The summed E-state index contributed by atoms with van der Waals surface area (Å²) in [6, 6.07) is 4.16. The molecule has 1 saturated heterocycles. The van der Waals surface area contributed by atoms with E-state index in [0.29, 0.717) is 5.75 Å². The van der Waals surface area contributed by atoms with Crippen LogP contribution in [0.1, 0.15) is 16.7 Å². The van der Waals surface area contributed by atoms with Crippen LogP contribution < -0.4 is 0 Å². The van der Waals surface area contributed by atoms with Crippen molar-refractivity contribution in [2.75, 3.05) is 12.3 Å². The van der Waals surface area contributed by atoms with Gasteiger partial charge in [-0.15, -0.1) is 23.1 Å². The molecule has 0 N–H and O–H groups in total. The third-order valence-corrected chi connectivity index (χ3v) is 5.44. The minimum Gasteiger partial charge on any atom is -0.337 e. The van der Waals surface area contributed by atoms with Gasteiger partial charge < -0.3 is 9.47 Å². The smallest absolute Gasteiger partial charge is 0.233 e. The van der Waals surface area contributed by atoms with Gasteiger partial charge in [0.25, 0.3) is 0 Å². The van der Waals surface area contributed by atoms with Crippen molar-refractivity contribution in [3.8, 4) is 0 Å². The first-order valence-corrected chi connectivity index (χ1v) is 8.17. The van der Waals surface area contributed by atoms with Crippen molar-refractivity contribution in [3.05, 3.63) is 41.1 Å². The summed E-state index contributed by atoms with van der Waals surface area (Å²) in [4.78, 5) is 19.3. The van der Waals surface area contributed by atoms with Crippen LogP contribution in [0.3, 0.4) is 0 Å². The summed E-state index contributed by atoms with van der Waals surface area (Å²) >= 11 is 3.46. The zero-order valence-electron chi connectivity index (χ0n) is 10.4. The minimum absolute atomic E-state index is 0.218. The van der Waals surface area contributed by atoms with E-state index >= 15 is 0 Å². The molecular formula is C13H15N3OS2. The SMILES string of the molecule is O=C1CSC(c2cccs2)N1CCCn1ccnc1. The second kappa shape index (κ2) is 5.79. The molecule has 1 aliphatic heterocycles. The highest BCUT2D eigenvalue weighted by Crippen LogP contribution is 2.40. The fraction of sp³-hybridized carbons (Fsp3) is 0.385. The van der Waals surface area contributed by atoms with Crippen LogP contribution in [0.15, 0.2) is 36.2 Å². The number of rotatable bonds is 5. The van der Waals surface area contributed by atoms with Crippen molar-refractivity contribution in [2.45, 2.75) is 18.3 Å². The molecule has 1 fully saturated rings. The van der Waals surface area contributed by atoms with Gasteiger partial charge in [0, 0.05) is 30.4 Å². The zero-order chi connectivity index (χ0) is 13.1. The van der Waals surface area contributed by atoms with Crippen LogP contribution >= 0.6 is 23.1 Å². The van der Waals surface area contributed by atoms with Gasteiger partial charge in [-0.05, 0) is 17.9 Å². The summed E-state index contributed by atoms with van der Waals surface area (Å²) in [5.74, 6) is 0.863. The van der Waals surface area contributed by atoms with E-state index in [1.807, 2.05) is 28.1 Å². The van der Waals surface area contributed by atoms with E-state index in [0.717, 1.165) is 19.5 Å². The average Bonchev–Trinajstić information content (AvgIpc) is 3.12. The molecule has 1 amide bonds. The summed E-state index contributed by atoms with van der Waals surface area (Å²) in [6.45, 7) is 1.72. The number of hydrogen-bond donors (Lipinski definition) is 0. The Labute approximate surface area is 120 Å². The molecule has 2 aromatic heterocycles. The molecule has 0 aromatic carbocycles. The predicted molar refractivity (Wildman–Crippen MR) is 78.1 cm³/mol. The Kier molecular flexibility index (Phi) is 3.89. The third-order valence-electron chi connectivity index (χ3n) is 3.13. The van der Waals surface area contributed by atoms with Crippen LogP contribution in [0, 0.1) is 0 Å². The van der Waals surface area contributed by atoms with Crippen molar-refractivity contribution in [3.63, 3.8) is 0 Å². The Balaban J connectivity index is 1.59. The lowest BCUT2D eigenvalue weighted by atomic mass is 10.3. The van der Waals surface area contributed by atoms with E-state index < -0.39 is 0 Å². The van der Waals surface area contributed by atoms with E-state index in [1.165, 1.54) is 4.88 Å². The second-order valence-electron chi connectivity index (χ2n) is 4.42. The Morgan fingerprint density at radius 2 is 2.37 bits per heavy atom. The van der Waals surface area contributed by atoms with Crippen molar-refractivity contribution >= 4 is 29.0 Å². The molecule has 0 spiro atoms. The monoisotopic (exact) mass is 293 g/mol. The second-order valence-corrected chi connectivity index (χ2v) is 6.47. The van der Waals surface area contributed by atoms with Crippen LogP contribution in [0.2, 0.25) is 0 Å². The molecule has 0 bridgehead atoms. The first-order valence-electron chi connectivity index (χ1n) is 6.25. The lowest BCUT2D eigenvalue weighted by Gasteiger charge is -2.23. The predicted octanol–water partition coefficient (Wildman–Crippen LogP) is 2.61. The van der Waals surface area contributed by atoms with Gasteiger partial charge in [0.2, 0.25) is 5.91 Å². The molecule has 3 rings (SSSR count). The highest BCUT2D eigenvalue weighted by Gasteiger charge is 2.32. The standard InChI is InChI=1S/C13H15N3OS2/c17-12-9-19-13(11-3-1-8-18-11)16(12)6-2-5-15-7-4-14-10-15/h1,3-4,7-8,10,13H,2,5-6,9H2. The number of imidazole rings is 1. The fourth-order valence-electron chi connectivity index (χ4n) is 2.21. The molecule has 3 heterocycles. The summed E-state index contributed by atoms with van der Waals surface area (Å²) < 4.78 is 2.05. The van der Waals surface area contributed by atoms with Crippen LogP contribution in [0.4, 0.5) is 0 Å². The first-order chi connectivity index (χ1) is 9.34. The molecule has 19 heavy (non-hydrogen) atoms. The summed E-state index contributed by atoms with van der Waals surface area (Å²) in [5, 5.41) is 2.29. The molecule has 1 atom stereocenters. The number of aryl methyl sites for hydroxylation is 1. The van der Waals surface area contributed by atoms with E-state index in [-0.39, 0.29) is 11.3 Å². The third kappa shape index (κ3) is 2.84. The van der Waals surface area contributed by atoms with Crippen molar-refractivity contribution in [1.82, 2.24) is 14.5 Å². The van der Waals surface area contributed by atoms with Gasteiger partial charge in [0.15, 0.2) is 0 Å². The number of aromatic nitrogens is 2. The Bertz CT molecular complexity index is 524. The molecule has 1 unspecified atom stereocenters. The van der Waals surface area contributed by atoms with Crippen molar-refractivity contribution in [1.29, 1.82) is 0 Å². The average molecular weight is 293 g/mol. The van der Waals surface area contributed by atoms with Crippen LogP contribution in [-0.2, 0) is 11.3 Å². The maximum absolute atomic E-state index is 12.0. The van der Waals surface area contributed by atoms with Gasteiger partial charge in [0.1, 0.15) is 5.37 Å². The number of carbonyl (C=O) groups excluding carboxylic acids is 1. The molecule has 6 heteroatoms. The molecule has 2 aromatic rings. The molecule has 0 aliphatic carbocycles. The van der Waals surface area contributed by atoms with Gasteiger partial charge in [-0.2, -0.15) is 0 Å². The molecular weight excluding hydrogens is 278 g/mol. The fourth-order valence-corrected chi connectivity index (χ4v) is 4.40. The Morgan fingerprint density at radius 3 is 3.11 bits per heavy atom. The topological polar surface area (TPSA) is 38.1 Å². The van der Waals surface area contributed by atoms with Crippen LogP contribution in [0.5, 0.6) is 0 Å². The Morgan fingerprint density at radius 1 is 1.42 bits per heavy atom. The van der Waals surface area contributed by atoms with Crippen LogP contribution in [0.25, 0.3) is 0 Å². The molecule has 0 radical (unpaired) electrons. The van der Waals surface area contributed by atoms with E-state index in [9.17, 15) is 4.79 Å². The number of nitrogens with zero attached hydrogens (tertiary/aromatic N) is 3. The van der Waals surface area contributed by atoms with Gasteiger partial charge in [-0.1, -0.05) is 6.07 Å². The number of carbonyl (C=O) groups is 1. The molecule has 100 valence electrons. The first kappa shape index (κ1) is 12.7. The minimum atomic E-state index is 0.218.